The summed E-state index contributed by atoms with van der Waals surface area (Å²) >= 11 is 0. The number of ether oxygens (including phenoxy) is 10. The van der Waals surface area contributed by atoms with Gasteiger partial charge in [-0.1, -0.05) is 57.2 Å². The van der Waals surface area contributed by atoms with E-state index >= 15 is 0 Å². The molecule has 3 aromatic rings. The van der Waals surface area contributed by atoms with E-state index in [0.29, 0.717) is 97.7 Å². The highest BCUT2D eigenvalue weighted by Gasteiger charge is 2.63. The number of amides is 6. The number of nitrogens with one attached hydrogen (secondary N) is 3. The number of carbonyl (C=O) groups is 10. The number of carboxylic acids is 1. The predicted octanol–water partition coefficient (Wildman–Crippen LogP) is 7.78. The summed E-state index contributed by atoms with van der Waals surface area (Å²) in [6, 6.07) is 21.1. The Hall–Kier alpha value is -9.79. The Morgan fingerprint density at radius 2 is 0.814 bits per heavy atom. The maximum absolute atomic E-state index is 13.0. The maximum Gasteiger partial charge on any atom is 0.411 e. The van der Waals surface area contributed by atoms with Crippen LogP contribution in [0.2, 0.25) is 0 Å². The second-order valence-corrected chi connectivity index (χ2v) is 34.6. The minimum absolute atomic E-state index is 0.0172. The first-order valence-corrected chi connectivity index (χ1v) is 39.6. The summed E-state index contributed by atoms with van der Waals surface area (Å²) in [5, 5.41) is 44.1. The summed E-state index contributed by atoms with van der Waals surface area (Å²) < 4.78 is 50.6. The zero-order valence-electron chi connectivity index (χ0n) is 72.5. The molecule has 3 aromatic carbocycles. The first kappa shape index (κ1) is 98.8. The molecule has 0 aromatic heterocycles. The van der Waals surface area contributed by atoms with Gasteiger partial charge in [-0.2, -0.15) is 0 Å². The number of methoxy groups -OCH3 is 6. The lowest BCUT2D eigenvalue weighted by atomic mass is 9.83. The molecule has 8 saturated heterocycles. The Morgan fingerprint density at radius 3 is 1.13 bits per heavy atom. The molecule has 8 aliphatic rings. The van der Waals surface area contributed by atoms with Crippen LogP contribution < -0.4 is 30.2 Å². The second-order valence-electron chi connectivity index (χ2n) is 34.6. The highest BCUT2D eigenvalue weighted by Crippen LogP contribution is 2.45. The molecule has 34 heteroatoms. The van der Waals surface area contributed by atoms with Crippen molar-refractivity contribution in [2.75, 3.05) is 102 Å². The van der Waals surface area contributed by atoms with Gasteiger partial charge in [-0.25, -0.2) is 40.7 Å². The van der Waals surface area contributed by atoms with Crippen LogP contribution in [0.3, 0.4) is 0 Å². The van der Waals surface area contributed by atoms with Crippen LogP contribution in [0.25, 0.3) is 4.85 Å². The molecule has 0 bridgehead atoms. The van der Waals surface area contributed by atoms with E-state index in [9.17, 15) is 53.1 Å². The molecule has 6 amide bonds. The van der Waals surface area contributed by atoms with E-state index in [1.54, 1.807) is 82.5 Å². The lowest BCUT2D eigenvalue weighted by Crippen LogP contribution is -2.72. The van der Waals surface area contributed by atoms with Crippen molar-refractivity contribution >= 4 is 60.1 Å². The van der Waals surface area contributed by atoms with E-state index in [2.05, 4.69) is 44.1 Å². The number of likely N-dealkylation sites (tertiary alicyclic amines) is 6. The minimum Gasteiger partial charge on any atom is -0.497 e. The smallest absolute Gasteiger partial charge is 0.411 e. The number of hydrogen-bond donors (Lipinski definition) is 7. The molecule has 8 aliphatic heterocycles. The van der Waals surface area contributed by atoms with E-state index in [0.717, 1.165) is 40.5 Å². The molecule has 7 N–H and O–H groups in total. The monoisotopic (exact) mass is 1660 g/mol. The van der Waals surface area contributed by atoms with Gasteiger partial charge in [0.2, 0.25) is 0 Å². The number of nitrogens with zero attached hydrogens (tertiary/aromatic N) is 7. The fourth-order valence-corrected chi connectivity index (χ4v) is 14.4. The number of carbonyl (C=O) groups excluding carboxylic acids is 9. The van der Waals surface area contributed by atoms with Gasteiger partial charge >= 0.3 is 48.3 Å². The van der Waals surface area contributed by atoms with Gasteiger partial charge in [-0.3, -0.25) is 43.6 Å². The predicted molar refractivity (Wildman–Crippen MR) is 433 cm³/mol. The quantitative estimate of drug-likeness (QED) is 0.0266. The van der Waals surface area contributed by atoms with Gasteiger partial charge in [0, 0.05) is 71.6 Å². The van der Waals surface area contributed by atoms with Crippen molar-refractivity contribution in [3.63, 3.8) is 0 Å². The number of aliphatic hydroxyl groups excluding tert-OH is 3. The van der Waals surface area contributed by atoms with Crippen molar-refractivity contribution < 1.29 is 116 Å². The molecule has 658 valence electrons. The standard InChI is InChI=1S/2C20H28N2O4.C12H21NO4.C11H19NO5.C10H12N2O.C6H11NO3.C5H9NO3/c2*1-14-10-20(22(11-14)18(24)26-19(2,3)4)13-21(17(20)23)12-15-6-8-16(25-5)9-7-15;1-8-6-9(10(14)16-5)13(7-8)11(15)17-12(2,3)4;1-11(2,3)17-10(15)12-6-7(13)5-8(12)9(14)16-4;1-11-8-12-7-9-3-5-10(13-2)6-4-9;1-10-6(9)5-2-4(8)3-7-5;7-3-1-4(5(8)9)6-2-3/h2*6-9,14H,10-13H2,1-5H3;8-9H,6-7H2,1-5H3;7-8,13H,5-6H2,1-4H3;3-6,12H,7-8H2,2H3;4-5,7-8H,2-3H2,1H3;3-4,6-7H,1-2H2,(H,8,9)/t2*14-,20?;8-,9+;7-,8+;;4-,5+;3-,4+/m1111.11/s1. The molecule has 11 rings (SSSR count). The summed E-state index contributed by atoms with van der Waals surface area (Å²) in [5.74, 6) is 1.24. The number of aliphatic hydroxyl groups is 3. The number of aliphatic carboxylic acids is 1. The van der Waals surface area contributed by atoms with E-state index in [4.69, 9.17) is 59.8 Å². The molecular formula is C84H128N10O24. The Bertz CT molecular complexity index is 3670. The molecule has 118 heavy (non-hydrogen) atoms. The fraction of sp³-hybridized carbons (Fsp3) is 0.655. The first-order chi connectivity index (χ1) is 55.1. The third kappa shape index (κ3) is 29.6. The van der Waals surface area contributed by atoms with Crippen molar-refractivity contribution in [2.45, 2.75) is 238 Å². The van der Waals surface area contributed by atoms with Crippen LogP contribution in [0.5, 0.6) is 17.2 Å². The molecule has 0 radical (unpaired) electrons. The minimum atomic E-state index is -0.883. The van der Waals surface area contributed by atoms with Crippen LogP contribution in [0, 0.1) is 24.3 Å². The van der Waals surface area contributed by atoms with E-state index in [1.807, 2.05) is 121 Å². The highest BCUT2D eigenvalue weighted by atomic mass is 16.6. The molecule has 2 unspecified atom stereocenters. The number of hydrogen-bond acceptors (Lipinski definition) is 26. The van der Waals surface area contributed by atoms with E-state index < -0.39 is 94.0 Å². The number of carboxylic acid groups (broad SMARTS) is 1. The molecule has 8 fully saturated rings. The zero-order valence-corrected chi connectivity index (χ0v) is 72.5. The molecule has 0 saturated carbocycles. The first-order valence-electron chi connectivity index (χ1n) is 39.6. The zero-order chi connectivity index (χ0) is 88.6. The Kier molecular flexibility index (Phi) is 36.6. The maximum atomic E-state index is 13.0. The Balaban J connectivity index is 0.000000253. The average molecular weight is 1660 g/mol. The van der Waals surface area contributed by atoms with Crippen molar-refractivity contribution in [1.29, 1.82) is 0 Å². The SMILES string of the molecule is COC(=O)[C@@H]1C[C@@H](C)CN1C(=O)OC(C)(C)C.COC(=O)[C@@H]1C[C@@H](O)CN1.COC(=O)[C@@H]1C[C@@H](O)CN1C(=O)OC(C)(C)C.COc1ccc(CN2CC3(C[C@@H](C)CN3C(=O)OC(C)(C)C)C2=O)cc1.COc1ccc(CN2CC3(C[C@@H](C)CN3C(=O)OC(C)(C)C)C2=O)cc1.O=C(O)[C@@H]1C[C@@H](O)CN1.[C-]#[N+]CNCc1ccc(OC)cc1. The summed E-state index contributed by atoms with van der Waals surface area (Å²) in [5.41, 5.74) is -0.534. The van der Waals surface area contributed by atoms with Gasteiger partial charge < -0.3 is 88.2 Å². The largest absolute Gasteiger partial charge is 0.497 e. The van der Waals surface area contributed by atoms with Gasteiger partial charge in [0.1, 0.15) is 74.9 Å². The number of esters is 3. The third-order valence-electron chi connectivity index (χ3n) is 19.6. The second kappa shape index (κ2) is 43.8. The van der Waals surface area contributed by atoms with Gasteiger partial charge in [-0.15, -0.1) is 0 Å². The normalized spacial score (nSPS) is 24.7. The summed E-state index contributed by atoms with van der Waals surface area (Å²) in [7, 11) is 8.83. The fourth-order valence-electron chi connectivity index (χ4n) is 14.4. The molecular weight excluding hydrogens is 1530 g/mol. The topological polar surface area (TPSA) is 404 Å². The number of β-amino-alcohol motifs (C(OH)–C–C–N with tert-alkyl or cyclic N) is 3. The third-order valence-corrected chi connectivity index (χ3v) is 19.6. The van der Waals surface area contributed by atoms with Crippen LogP contribution in [0.4, 0.5) is 19.2 Å². The van der Waals surface area contributed by atoms with E-state index in [-0.39, 0.29) is 72.7 Å². The van der Waals surface area contributed by atoms with Gasteiger partial charge in [0.15, 0.2) is 0 Å². The van der Waals surface area contributed by atoms with Crippen LogP contribution in [-0.4, -0.2) is 288 Å². The van der Waals surface area contributed by atoms with E-state index in [1.165, 1.54) is 31.1 Å². The van der Waals surface area contributed by atoms with Crippen molar-refractivity contribution in [1.82, 2.24) is 45.3 Å². The van der Waals surface area contributed by atoms with Crippen LogP contribution >= 0.6 is 0 Å². The summed E-state index contributed by atoms with van der Waals surface area (Å²) in [4.78, 5) is 132. The summed E-state index contributed by atoms with van der Waals surface area (Å²) in [6.07, 6.45) is -0.420. The lowest BCUT2D eigenvalue weighted by Gasteiger charge is -2.51. The molecule has 2 spiro atoms. The molecule has 34 nitrogen and oxygen atoms in total. The van der Waals surface area contributed by atoms with Crippen LogP contribution in [-0.2, 0) is 81.6 Å². The number of β-lactam (4-membered cyclic amide) rings is 2. The number of rotatable bonds is 14. The Labute approximate surface area is 693 Å². The molecule has 8 heterocycles. The lowest BCUT2D eigenvalue weighted by molar-refractivity contribution is -0.162. The van der Waals surface area contributed by atoms with Crippen LogP contribution in [0.15, 0.2) is 72.8 Å². The van der Waals surface area contributed by atoms with Crippen LogP contribution in [0.1, 0.15) is 159 Å². The van der Waals surface area contributed by atoms with Gasteiger partial charge in [0.25, 0.3) is 18.5 Å². The van der Waals surface area contributed by atoms with Gasteiger partial charge in [0.05, 0.1) is 80.6 Å². The Morgan fingerprint density at radius 1 is 0.466 bits per heavy atom. The average Bonchev–Trinajstić information content (AvgIpc) is 1.53. The van der Waals surface area contributed by atoms with Crippen molar-refractivity contribution in [3.8, 4) is 17.2 Å². The summed E-state index contributed by atoms with van der Waals surface area (Å²) in [6.45, 7) is 40.4. The van der Waals surface area contributed by atoms with Crippen molar-refractivity contribution in [2.24, 2.45) is 17.8 Å². The molecule has 12 atom stereocenters. The highest BCUT2D eigenvalue weighted by molar-refractivity contribution is 5.97. The van der Waals surface area contributed by atoms with Gasteiger partial charge in [-0.05, 0) is 173 Å². The number of benzene rings is 3. The van der Waals surface area contributed by atoms with Crippen molar-refractivity contribution in [3.05, 3.63) is 101 Å². The molecule has 0 aliphatic carbocycles.